The molecule has 4 N–H and O–H groups in total. The normalized spacial score (nSPS) is 16.8. The van der Waals surface area contributed by atoms with Gasteiger partial charge < -0.3 is 20.8 Å². The first-order valence-corrected chi connectivity index (χ1v) is 5.64. The first kappa shape index (κ1) is 16.1. The van der Waals surface area contributed by atoms with Crippen molar-refractivity contribution in [3.05, 3.63) is 30.3 Å². The fraction of sp³-hybridized carbons (Fsp3) is 0.500. The van der Waals surface area contributed by atoms with Crippen molar-refractivity contribution in [2.45, 2.75) is 0 Å². The van der Waals surface area contributed by atoms with Crippen molar-refractivity contribution in [1.29, 1.82) is 0 Å². The summed E-state index contributed by atoms with van der Waals surface area (Å²) in [6.45, 7) is 4.78. The molecular formula is C12H22BN2O2. The molecule has 95 valence electrons. The highest BCUT2D eigenvalue weighted by Gasteiger charge is 2.13. The van der Waals surface area contributed by atoms with Gasteiger partial charge >= 0.3 is 0 Å². The largest absolute Gasteiger partial charge is 0.412 e. The summed E-state index contributed by atoms with van der Waals surface area (Å²) >= 11 is 0. The summed E-state index contributed by atoms with van der Waals surface area (Å²) in [7, 11) is 4.50. The smallest absolute Gasteiger partial charge is 0.169 e. The van der Waals surface area contributed by atoms with E-state index in [1.807, 2.05) is 0 Å². The summed E-state index contributed by atoms with van der Waals surface area (Å²) in [5.74, 6) is 0. The number of piperazine rings is 1. The first-order valence-electron chi connectivity index (χ1n) is 5.64. The Morgan fingerprint density at radius 2 is 1.59 bits per heavy atom. The van der Waals surface area contributed by atoms with Crippen molar-refractivity contribution in [3.63, 3.8) is 0 Å². The number of hydrogen-bond acceptors (Lipinski definition) is 2. The lowest BCUT2D eigenvalue weighted by atomic mass is 9.70. The van der Waals surface area contributed by atoms with E-state index in [0.717, 1.165) is 6.44 Å². The molecule has 1 aliphatic heterocycles. The van der Waals surface area contributed by atoms with Crippen LogP contribution in [-0.2, 0) is 0 Å². The van der Waals surface area contributed by atoms with Crippen LogP contribution in [0.25, 0.3) is 0 Å². The molecule has 0 aliphatic carbocycles. The Bertz CT molecular complexity index is 290. The topological polar surface area (TPSA) is 69.5 Å². The third-order valence-corrected chi connectivity index (χ3v) is 2.98. The maximum atomic E-state index is 2.51. The summed E-state index contributed by atoms with van der Waals surface area (Å²) in [6, 6.07) is 10.6. The lowest BCUT2D eigenvalue weighted by Crippen LogP contribution is -2.46. The van der Waals surface area contributed by atoms with Gasteiger partial charge in [-0.2, -0.15) is 0 Å². The molecule has 0 aromatic heterocycles. The average Bonchev–Trinajstić information content (AvgIpc) is 2.30. The van der Waals surface area contributed by atoms with Crippen LogP contribution in [0.5, 0.6) is 0 Å². The molecule has 0 bridgehead atoms. The van der Waals surface area contributed by atoms with E-state index in [2.05, 4.69) is 54.5 Å². The number of benzene rings is 1. The molecule has 1 aliphatic rings. The van der Waals surface area contributed by atoms with Gasteiger partial charge in [0.2, 0.25) is 0 Å². The Hall–Kier alpha value is -0.875. The van der Waals surface area contributed by atoms with E-state index in [4.69, 9.17) is 0 Å². The van der Waals surface area contributed by atoms with Gasteiger partial charge in [0.1, 0.15) is 0 Å². The number of hydrogen-bond donors (Lipinski definition) is 0. The molecule has 0 amide bonds. The van der Waals surface area contributed by atoms with Crippen LogP contribution in [0.2, 0.25) is 0 Å². The maximum Gasteiger partial charge on any atom is 0.169 e. The van der Waals surface area contributed by atoms with Crippen LogP contribution in [0.4, 0.5) is 0 Å². The highest BCUT2D eigenvalue weighted by atomic mass is 16.0. The van der Waals surface area contributed by atoms with Gasteiger partial charge in [-0.05, 0) is 13.5 Å². The zero-order valence-corrected chi connectivity index (χ0v) is 10.4. The van der Waals surface area contributed by atoms with Gasteiger partial charge in [0.15, 0.2) is 7.28 Å². The minimum Gasteiger partial charge on any atom is -0.412 e. The fourth-order valence-corrected chi connectivity index (χ4v) is 1.85. The van der Waals surface area contributed by atoms with Crippen LogP contribution in [0.3, 0.4) is 0 Å². The van der Waals surface area contributed by atoms with Crippen molar-refractivity contribution in [1.82, 2.24) is 9.80 Å². The van der Waals surface area contributed by atoms with E-state index < -0.39 is 0 Å². The van der Waals surface area contributed by atoms with Gasteiger partial charge in [-0.3, -0.25) is 0 Å². The monoisotopic (exact) mass is 237 g/mol. The highest BCUT2D eigenvalue weighted by molar-refractivity contribution is 6.53. The minimum atomic E-state index is 0. The van der Waals surface area contributed by atoms with Crippen LogP contribution in [-0.4, -0.2) is 67.7 Å². The minimum absolute atomic E-state index is 0. The molecule has 2 rings (SSSR count). The fourth-order valence-electron chi connectivity index (χ4n) is 1.85. The number of rotatable bonds is 3. The van der Waals surface area contributed by atoms with Crippen molar-refractivity contribution in [2.24, 2.45) is 0 Å². The van der Waals surface area contributed by atoms with Crippen molar-refractivity contribution < 1.29 is 11.0 Å². The van der Waals surface area contributed by atoms with E-state index in [1.165, 1.54) is 31.6 Å². The van der Waals surface area contributed by atoms with E-state index in [-0.39, 0.29) is 11.0 Å². The van der Waals surface area contributed by atoms with Crippen molar-refractivity contribution in [3.8, 4) is 0 Å². The average molecular weight is 237 g/mol. The first-order chi connectivity index (χ1) is 7.34. The molecule has 0 spiro atoms. The van der Waals surface area contributed by atoms with Crippen LogP contribution < -0.4 is 5.46 Å². The summed E-state index contributed by atoms with van der Waals surface area (Å²) in [4.78, 5) is 4.89. The Balaban J connectivity index is 0.00000128. The van der Waals surface area contributed by atoms with Crippen LogP contribution in [0.1, 0.15) is 0 Å². The van der Waals surface area contributed by atoms with Crippen LogP contribution in [0.15, 0.2) is 30.3 Å². The van der Waals surface area contributed by atoms with E-state index in [0.29, 0.717) is 0 Å². The molecule has 1 heterocycles. The van der Waals surface area contributed by atoms with Gasteiger partial charge in [0.05, 0.1) is 0 Å². The van der Waals surface area contributed by atoms with Crippen molar-refractivity contribution >= 4 is 12.7 Å². The van der Waals surface area contributed by atoms with Gasteiger partial charge in [0.25, 0.3) is 0 Å². The molecule has 1 aromatic rings. The van der Waals surface area contributed by atoms with Crippen LogP contribution in [0, 0.1) is 0 Å². The molecule has 5 heteroatoms. The quantitative estimate of drug-likeness (QED) is 0.605. The summed E-state index contributed by atoms with van der Waals surface area (Å²) in [6.07, 6.45) is 1.08. The molecule has 0 saturated carbocycles. The molecule has 1 aromatic carbocycles. The number of likely N-dealkylation sites (N-methyl/N-ethyl adjacent to an activating group) is 1. The third-order valence-electron chi connectivity index (χ3n) is 2.98. The zero-order valence-electron chi connectivity index (χ0n) is 10.4. The third kappa shape index (κ3) is 5.32. The van der Waals surface area contributed by atoms with E-state index >= 15 is 0 Å². The van der Waals surface area contributed by atoms with E-state index in [9.17, 15) is 0 Å². The zero-order chi connectivity index (χ0) is 10.5. The standard InChI is InChI=1S/C12H18BN2.2H2O/c1-14-7-9-15(10-8-14)11-13-12-5-3-2-4-6-12;;/h2-6H,7-11H2,1H3;2*1H2. The van der Waals surface area contributed by atoms with Crippen LogP contribution >= 0.6 is 0 Å². The van der Waals surface area contributed by atoms with Gasteiger partial charge in [-0.25, -0.2) is 0 Å². The summed E-state index contributed by atoms with van der Waals surface area (Å²) < 4.78 is 0. The second-order valence-electron chi connectivity index (χ2n) is 4.22. The molecule has 0 unspecified atom stereocenters. The molecular weight excluding hydrogens is 215 g/mol. The Morgan fingerprint density at radius 3 is 2.18 bits per heavy atom. The Morgan fingerprint density at radius 1 is 1.00 bits per heavy atom. The molecule has 0 atom stereocenters. The molecule has 4 nitrogen and oxygen atoms in total. The summed E-state index contributed by atoms with van der Waals surface area (Å²) in [5, 5.41) is 0. The van der Waals surface area contributed by atoms with Crippen molar-refractivity contribution in [2.75, 3.05) is 39.7 Å². The second-order valence-corrected chi connectivity index (χ2v) is 4.22. The lowest BCUT2D eigenvalue weighted by molar-refractivity contribution is 0.173. The predicted octanol–water partition coefficient (Wildman–Crippen LogP) is -1.43. The Labute approximate surface area is 104 Å². The number of nitrogens with zero attached hydrogens (tertiary/aromatic N) is 2. The Kier molecular flexibility index (Phi) is 7.83. The van der Waals surface area contributed by atoms with Gasteiger partial charge in [-0.1, -0.05) is 35.8 Å². The van der Waals surface area contributed by atoms with Gasteiger partial charge in [0, 0.05) is 26.2 Å². The molecule has 17 heavy (non-hydrogen) atoms. The summed E-state index contributed by atoms with van der Waals surface area (Å²) in [5.41, 5.74) is 1.33. The lowest BCUT2D eigenvalue weighted by Gasteiger charge is -2.32. The second kappa shape index (κ2) is 8.25. The molecule has 1 fully saturated rings. The molecule has 1 saturated heterocycles. The highest BCUT2D eigenvalue weighted by Crippen LogP contribution is 1.97. The predicted molar refractivity (Wildman–Crippen MR) is 73.0 cm³/mol. The van der Waals surface area contributed by atoms with E-state index in [1.54, 1.807) is 0 Å². The SMILES string of the molecule is CN1CCN(C[B]c2ccccc2)CC1.O.O. The van der Waals surface area contributed by atoms with Gasteiger partial charge in [-0.15, -0.1) is 0 Å². The molecule has 1 radical (unpaired) electrons. The maximum absolute atomic E-state index is 2.51.